The van der Waals surface area contributed by atoms with Crippen LogP contribution in [-0.4, -0.2) is 43.1 Å². The molecule has 3 aromatic rings. The number of nitrogens with one attached hydrogen (secondary N) is 1. The Kier molecular flexibility index (Phi) is 7.62. The maximum absolute atomic E-state index is 12.6. The fourth-order valence-corrected chi connectivity index (χ4v) is 5.06. The van der Waals surface area contributed by atoms with E-state index in [0.717, 1.165) is 41.0 Å². The van der Waals surface area contributed by atoms with E-state index < -0.39 is 0 Å². The van der Waals surface area contributed by atoms with Gasteiger partial charge in [0.2, 0.25) is 5.91 Å². The molecule has 6 nitrogen and oxygen atoms in total. The number of carbonyl (C=O) groups excluding carboxylic acids is 1. The molecular formula is C26H31N3O3S. The third-order valence-corrected chi connectivity index (χ3v) is 6.85. The fourth-order valence-electron chi connectivity index (χ4n) is 4.24. The first-order valence-corrected chi connectivity index (χ1v) is 12.2. The topological polar surface area (TPSA) is 63.7 Å². The van der Waals surface area contributed by atoms with Crippen LogP contribution in [0.25, 0.3) is 10.6 Å². The third-order valence-electron chi connectivity index (χ3n) is 5.91. The van der Waals surface area contributed by atoms with Gasteiger partial charge in [-0.3, -0.25) is 9.69 Å². The van der Waals surface area contributed by atoms with Crippen LogP contribution < -0.4 is 14.8 Å². The molecule has 2 aromatic carbocycles. The molecule has 0 bridgehead atoms. The minimum absolute atomic E-state index is 0.0724. The number of nitrogens with zero attached hydrogens (tertiary/aromatic N) is 2. The Morgan fingerprint density at radius 2 is 1.94 bits per heavy atom. The van der Waals surface area contributed by atoms with Gasteiger partial charge in [-0.05, 0) is 61.2 Å². The normalized spacial score (nSPS) is 16.4. The van der Waals surface area contributed by atoms with Gasteiger partial charge in [-0.15, -0.1) is 11.3 Å². The lowest BCUT2D eigenvalue weighted by Crippen LogP contribution is -2.33. The van der Waals surface area contributed by atoms with Gasteiger partial charge in [-0.25, -0.2) is 4.98 Å². The maximum Gasteiger partial charge on any atom is 0.230 e. The molecule has 1 fully saturated rings. The summed E-state index contributed by atoms with van der Waals surface area (Å²) in [5, 5.41) is 5.75. The molecule has 174 valence electrons. The summed E-state index contributed by atoms with van der Waals surface area (Å²) in [5.74, 6) is 2.03. The van der Waals surface area contributed by atoms with Crippen molar-refractivity contribution in [3.8, 4) is 22.1 Å². The van der Waals surface area contributed by atoms with Crippen molar-refractivity contribution in [3.63, 3.8) is 0 Å². The van der Waals surface area contributed by atoms with E-state index >= 15 is 0 Å². The number of carbonyl (C=O) groups is 1. The number of amides is 1. The summed E-state index contributed by atoms with van der Waals surface area (Å²) in [6.07, 6.45) is 2.84. The maximum atomic E-state index is 12.6. The monoisotopic (exact) mass is 465 g/mol. The molecule has 0 spiro atoms. The van der Waals surface area contributed by atoms with Crippen LogP contribution in [0.2, 0.25) is 0 Å². The highest BCUT2D eigenvalue weighted by atomic mass is 32.1. The Bertz CT molecular complexity index is 1080. The highest BCUT2D eigenvalue weighted by molar-refractivity contribution is 7.13. The molecule has 1 amide bonds. The predicted octanol–water partition coefficient (Wildman–Crippen LogP) is 5.24. The Labute approximate surface area is 199 Å². The van der Waals surface area contributed by atoms with E-state index in [9.17, 15) is 4.79 Å². The van der Waals surface area contributed by atoms with E-state index in [1.165, 1.54) is 36.3 Å². The van der Waals surface area contributed by atoms with Gasteiger partial charge in [-0.1, -0.05) is 19.1 Å². The van der Waals surface area contributed by atoms with Crippen LogP contribution in [0.4, 0.5) is 5.69 Å². The lowest BCUT2D eigenvalue weighted by molar-refractivity contribution is -0.115. The summed E-state index contributed by atoms with van der Waals surface area (Å²) in [4.78, 5) is 19.7. The van der Waals surface area contributed by atoms with Crippen LogP contribution in [0.3, 0.4) is 0 Å². The van der Waals surface area contributed by atoms with Gasteiger partial charge < -0.3 is 14.8 Å². The molecule has 1 aromatic heterocycles. The quantitative estimate of drug-likeness (QED) is 0.493. The van der Waals surface area contributed by atoms with E-state index in [2.05, 4.69) is 34.3 Å². The molecule has 0 radical (unpaired) electrons. The molecule has 1 atom stereocenters. The Balaban J connectivity index is 1.32. The molecule has 7 heteroatoms. The molecule has 2 heterocycles. The smallest absolute Gasteiger partial charge is 0.230 e. The first kappa shape index (κ1) is 23.3. The van der Waals surface area contributed by atoms with Crippen molar-refractivity contribution in [3.05, 3.63) is 59.1 Å². The minimum atomic E-state index is -0.0724. The Morgan fingerprint density at radius 1 is 1.15 bits per heavy atom. The summed E-state index contributed by atoms with van der Waals surface area (Å²) in [6, 6.07) is 13.9. The van der Waals surface area contributed by atoms with Gasteiger partial charge in [-0.2, -0.15) is 0 Å². The molecule has 33 heavy (non-hydrogen) atoms. The first-order chi connectivity index (χ1) is 16.0. The van der Waals surface area contributed by atoms with Gasteiger partial charge in [0.1, 0.15) is 5.01 Å². The number of hydrogen-bond acceptors (Lipinski definition) is 6. The number of likely N-dealkylation sites (tertiary alicyclic amines) is 1. The second kappa shape index (κ2) is 10.8. The van der Waals surface area contributed by atoms with Gasteiger partial charge in [0.05, 0.1) is 26.3 Å². The van der Waals surface area contributed by atoms with Crippen molar-refractivity contribution in [2.45, 2.75) is 32.7 Å². The van der Waals surface area contributed by atoms with Crippen LogP contribution in [0.5, 0.6) is 11.5 Å². The first-order valence-electron chi connectivity index (χ1n) is 11.3. The summed E-state index contributed by atoms with van der Waals surface area (Å²) in [5.41, 5.74) is 3.77. The van der Waals surface area contributed by atoms with Crippen molar-refractivity contribution in [1.29, 1.82) is 0 Å². The average Bonchev–Trinajstić information content (AvgIpc) is 3.28. The third kappa shape index (κ3) is 6.12. The number of piperidine rings is 1. The number of aromatic nitrogens is 1. The molecule has 0 saturated carbocycles. The van der Waals surface area contributed by atoms with E-state index in [-0.39, 0.29) is 12.3 Å². The van der Waals surface area contributed by atoms with Crippen LogP contribution in [0.1, 0.15) is 31.0 Å². The van der Waals surface area contributed by atoms with Crippen molar-refractivity contribution in [2.24, 2.45) is 5.92 Å². The number of rotatable bonds is 8. The average molecular weight is 466 g/mol. The molecule has 4 rings (SSSR count). The molecular weight excluding hydrogens is 434 g/mol. The SMILES string of the molecule is COc1ccc(-c2nc(CC(=O)Nc3ccc(CN4CCCC(C)C4)cc3)cs2)cc1OC. The van der Waals surface area contributed by atoms with Crippen LogP contribution in [0.15, 0.2) is 47.8 Å². The van der Waals surface area contributed by atoms with Gasteiger partial charge >= 0.3 is 0 Å². The molecule has 1 aliphatic heterocycles. The van der Waals surface area contributed by atoms with E-state index in [1.54, 1.807) is 14.2 Å². The van der Waals surface area contributed by atoms with Gasteiger partial charge in [0.25, 0.3) is 0 Å². The second-order valence-corrected chi connectivity index (χ2v) is 9.48. The lowest BCUT2D eigenvalue weighted by atomic mass is 10.00. The fraction of sp³-hybridized carbons (Fsp3) is 0.385. The van der Waals surface area contributed by atoms with Crippen molar-refractivity contribution >= 4 is 22.9 Å². The molecule has 1 aliphatic rings. The molecule has 1 N–H and O–H groups in total. The Hall–Kier alpha value is -2.90. The Morgan fingerprint density at radius 3 is 2.67 bits per heavy atom. The van der Waals surface area contributed by atoms with Gasteiger partial charge in [0.15, 0.2) is 11.5 Å². The summed E-state index contributed by atoms with van der Waals surface area (Å²) in [6.45, 7) is 5.62. The minimum Gasteiger partial charge on any atom is -0.493 e. The zero-order valence-electron chi connectivity index (χ0n) is 19.5. The van der Waals surface area contributed by atoms with Crippen LogP contribution in [0, 0.1) is 5.92 Å². The number of methoxy groups -OCH3 is 2. The van der Waals surface area contributed by atoms with E-state index in [1.807, 2.05) is 35.7 Å². The van der Waals surface area contributed by atoms with E-state index in [4.69, 9.17) is 9.47 Å². The van der Waals surface area contributed by atoms with Crippen molar-refractivity contribution < 1.29 is 14.3 Å². The largest absolute Gasteiger partial charge is 0.493 e. The number of ether oxygens (including phenoxy) is 2. The number of benzene rings is 2. The molecule has 1 saturated heterocycles. The summed E-state index contributed by atoms with van der Waals surface area (Å²) >= 11 is 1.51. The molecule has 0 aliphatic carbocycles. The predicted molar refractivity (Wildman–Crippen MR) is 133 cm³/mol. The number of hydrogen-bond donors (Lipinski definition) is 1. The summed E-state index contributed by atoms with van der Waals surface area (Å²) in [7, 11) is 3.22. The van der Waals surface area contributed by atoms with E-state index in [0.29, 0.717) is 11.5 Å². The second-order valence-electron chi connectivity index (χ2n) is 8.62. The van der Waals surface area contributed by atoms with Crippen LogP contribution >= 0.6 is 11.3 Å². The highest BCUT2D eigenvalue weighted by Crippen LogP contribution is 2.33. The van der Waals surface area contributed by atoms with Gasteiger partial charge in [0, 0.05) is 29.7 Å². The summed E-state index contributed by atoms with van der Waals surface area (Å²) < 4.78 is 10.7. The zero-order chi connectivity index (χ0) is 23.2. The van der Waals surface area contributed by atoms with Crippen LogP contribution in [-0.2, 0) is 17.8 Å². The number of thiazole rings is 1. The lowest BCUT2D eigenvalue weighted by Gasteiger charge is -2.30. The zero-order valence-corrected chi connectivity index (χ0v) is 20.3. The molecule has 1 unspecified atom stereocenters. The van der Waals surface area contributed by atoms with Crippen molar-refractivity contribution in [1.82, 2.24) is 9.88 Å². The van der Waals surface area contributed by atoms with Crippen molar-refractivity contribution in [2.75, 3.05) is 32.6 Å². The standard InChI is InChI=1S/C26H31N3O3S/c1-18-5-4-12-29(15-18)16-19-6-9-21(10-7-19)27-25(30)14-22-17-33-26(28-22)20-8-11-23(31-2)24(13-20)32-3/h6-11,13,17-18H,4-5,12,14-16H2,1-3H3,(H,27,30). The highest BCUT2D eigenvalue weighted by Gasteiger charge is 2.16. The number of anilines is 1.